The first-order valence-electron chi connectivity index (χ1n) is 8.59. The molecule has 1 aliphatic carbocycles. The van der Waals surface area contributed by atoms with E-state index in [2.05, 4.69) is 11.0 Å². The smallest absolute Gasteiger partial charge is 0.337 e. The Morgan fingerprint density at radius 1 is 1.12 bits per heavy atom. The molecular weight excluding hydrogens is 338 g/mol. The first kappa shape index (κ1) is 16.5. The van der Waals surface area contributed by atoms with Crippen LogP contribution in [0.25, 0.3) is 0 Å². The Morgan fingerprint density at radius 2 is 1.84 bits per heavy atom. The highest BCUT2D eigenvalue weighted by Crippen LogP contribution is 2.67. The summed E-state index contributed by atoms with van der Waals surface area (Å²) in [7, 11) is 2.75. The van der Waals surface area contributed by atoms with Crippen LogP contribution >= 0.6 is 11.8 Å². The second-order valence-corrected chi connectivity index (χ2v) is 7.89. The molecule has 3 aliphatic rings. The molecule has 0 N–H and O–H groups in total. The lowest BCUT2D eigenvalue weighted by Crippen LogP contribution is -2.57. The molecule has 25 heavy (non-hydrogen) atoms. The molecule has 5 nitrogen and oxygen atoms in total. The molecule has 1 fully saturated rings. The van der Waals surface area contributed by atoms with E-state index >= 15 is 0 Å². The van der Waals surface area contributed by atoms with E-state index in [0.717, 1.165) is 42.1 Å². The highest BCUT2D eigenvalue weighted by Gasteiger charge is 2.68. The van der Waals surface area contributed by atoms with Crippen LogP contribution in [0.15, 0.2) is 40.4 Å². The van der Waals surface area contributed by atoms with Crippen LogP contribution in [0.1, 0.15) is 30.7 Å². The Labute approximate surface area is 151 Å². The molecule has 4 rings (SSSR count). The summed E-state index contributed by atoms with van der Waals surface area (Å²) in [6.07, 6.45) is 3.41. The van der Waals surface area contributed by atoms with Gasteiger partial charge in [-0.2, -0.15) is 0 Å². The molecule has 1 saturated heterocycles. The van der Waals surface area contributed by atoms with Gasteiger partial charge in [-0.05, 0) is 30.9 Å². The Hall–Kier alpha value is -1.95. The molecule has 0 bridgehead atoms. The van der Waals surface area contributed by atoms with Gasteiger partial charge >= 0.3 is 11.9 Å². The van der Waals surface area contributed by atoms with Gasteiger partial charge < -0.3 is 14.4 Å². The number of ether oxygens (including phenoxy) is 2. The van der Waals surface area contributed by atoms with Crippen molar-refractivity contribution >= 4 is 23.7 Å². The molecule has 0 saturated carbocycles. The molecule has 1 aromatic carbocycles. The highest BCUT2D eigenvalue weighted by molar-refractivity contribution is 8.02. The van der Waals surface area contributed by atoms with E-state index in [-0.39, 0.29) is 11.9 Å². The first-order chi connectivity index (χ1) is 12.1. The third kappa shape index (κ3) is 2.16. The van der Waals surface area contributed by atoms with E-state index in [1.807, 2.05) is 18.2 Å². The average molecular weight is 359 g/mol. The van der Waals surface area contributed by atoms with Gasteiger partial charge in [-0.1, -0.05) is 18.2 Å². The SMILES string of the molecule is COC(=O)C1=C(N2CCCCC2)C2c3ccccc3SC12C(=O)OC. The molecule has 0 radical (unpaired) electrons. The van der Waals surface area contributed by atoms with E-state index in [4.69, 9.17) is 9.47 Å². The summed E-state index contributed by atoms with van der Waals surface area (Å²) >= 11 is 1.43. The van der Waals surface area contributed by atoms with Crippen LogP contribution in [0, 0.1) is 0 Å². The van der Waals surface area contributed by atoms with Crippen molar-refractivity contribution in [1.29, 1.82) is 0 Å². The fourth-order valence-electron chi connectivity index (χ4n) is 4.30. The summed E-state index contributed by atoms with van der Waals surface area (Å²) < 4.78 is 9.17. The topological polar surface area (TPSA) is 55.8 Å². The minimum absolute atomic E-state index is 0.145. The van der Waals surface area contributed by atoms with Crippen molar-refractivity contribution in [3.63, 3.8) is 0 Å². The van der Waals surface area contributed by atoms with Crippen LogP contribution in [-0.2, 0) is 19.1 Å². The Bertz CT molecular complexity index is 768. The molecule has 0 amide bonds. The number of hydrogen-bond donors (Lipinski definition) is 0. The van der Waals surface area contributed by atoms with Gasteiger partial charge in [0, 0.05) is 23.7 Å². The number of esters is 2. The number of fused-ring (bicyclic) bond motifs is 3. The molecule has 2 unspecified atom stereocenters. The van der Waals surface area contributed by atoms with E-state index in [1.165, 1.54) is 32.4 Å². The minimum Gasteiger partial charge on any atom is -0.468 e. The van der Waals surface area contributed by atoms with Crippen LogP contribution in [0.2, 0.25) is 0 Å². The lowest BCUT2D eigenvalue weighted by atomic mass is 9.66. The van der Waals surface area contributed by atoms with E-state index in [0.29, 0.717) is 5.57 Å². The van der Waals surface area contributed by atoms with Crippen molar-refractivity contribution in [2.75, 3.05) is 27.3 Å². The monoisotopic (exact) mass is 359 g/mol. The third-order valence-electron chi connectivity index (χ3n) is 5.38. The Morgan fingerprint density at radius 3 is 2.52 bits per heavy atom. The maximum atomic E-state index is 12.8. The van der Waals surface area contributed by atoms with Crippen LogP contribution in [0.4, 0.5) is 0 Å². The fourth-order valence-corrected chi connectivity index (χ4v) is 5.91. The summed E-state index contributed by atoms with van der Waals surface area (Å²) in [6.45, 7) is 1.83. The zero-order valence-electron chi connectivity index (χ0n) is 14.4. The largest absolute Gasteiger partial charge is 0.468 e. The fraction of sp³-hybridized carbons (Fsp3) is 0.474. The second kappa shape index (κ2) is 6.09. The lowest BCUT2D eigenvalue weighted by molar-refractivity contribution is -0.147. The first-order valence-corrected chi connectivity index (χ1v) is 9.41. The maximum Gasteiger partial charge on any atom is 0.337 e. The molecule has 2 aliphatic heterocycles. The van der Waals surface area contributed by atoms with Gasteiger partial charge in [0.15, 0.2) is 4.75 Å². The van der Waals surface area contributed by atoms with Gasteiger partial charge in [-0.25, -0.2) is 4.79 Å². The van der Waals surface area contributed by atoms with Gasteiger partial charge in [0.2, 0.25) is 0 Å². The maximum absolute atomic E-state index is 12.8. The number of hydrogen-bond acceptors (Lipinski definition) is 6. The minimum atomic E-state index is -1.02. The van der Waals surface area contributed by atoms with Crippen LogP contribution in [0.5, 0.6) is 0 Å². The number of rotatable bonds is 3. The number of methoxy groups -OCH3 is 2. The van der Waals surface area contributed by atoms with Crippen molar-refractivity contribution < 1.29 is 19.1 Å². The van der Waals surface area contributed by atoms with Crippen LogP contribution in [0.3, 0.4) is 0 Å². The van der Waals surface area contributed by atoms with Crippen molar-refractivity contribution in [2.45, 2.75) is 34.8 Å². The normalized spacial score (nSPS) is 27.3. The zero-order chi connectivity index (χ0) is 17.6. The summed E-state index contributed by atoms with van der Waals surface area (Å²) in [5.41, 5.74) is 2.52. The van der Waals surface area contributed by atoms with Gasteiger partial charge in [0.05, 0.1) is 25.7 Å². The highest BCUT2D eigenvalue weighted by atomic mass is 32.2. The van der Waals surface area contributed by atoms with Crippen LogP contribution in [-0.4, -0.2) is 48.9 Å². The predicted molar refractivity (Wildman–Crippen MR) is 94.3 cm³/mol. The molecule has 2 heterocycles. The summed E-state index contributed by atoms with van der Waals surface area (Å²) in [5.74, 6) is -0.948. The number of carbonyl (C=O) groups excluding carboxylic acids is 2. The van der Waals surface area contributed by atoms with Gasteiger partial charge in [-0.15, -0.1) is 11.8 Å². The number of allylic oxidation sites excluding steroid dienone is 1. The van der Waals surface area contributed by atoms with E-state index < -0.39 is 10.7 Å². The standard InChI is InChI=1S/C19H21NO4S/c1-23-17(21)15-16(20-10-6-3-7-11-20)14-12-8-4-5-9-13(12)25-19(14,15)18(22)24-2/h4-5,8-9,14H,3,6-7,10-11H2,1-2H3. The average Bonchev–Trinajstić information content (AvgIpc) is 2.93. The predicted octanol–water partition coefficient (Wildman–Crippen LogP) is 2.71. The van der Waals surface area contributed by atoms with Crippen LogP contribution < -0.4 is 0 Å². The zero-order valence-corrected chi connectivity index (χ0v) is 15.2. The molecular formula is C19H21NO4S. The number of carbonyl (C=O) groups is 2. The second-order valence-electron chi connectivity index (χ2n) is 6.60. The summed E-state index contributed by atoms with van der Waals surface area (Å²) in [4.78, 5) is 28.8. The molecule has 132 valence electrons. The van der Waals surface area contributed by atoms with Crippen molar-refractivity contribution in [2.24, 2.45) is 0 Å². The van der Waals surface area contributed by atoms with Gasteiger partial charge in [0.25, 0.3) is 0 Å². The molecule has 6 heteroatoms. The Balaban J connectivity index is 1.89. The lowest BCUT2D eigenvalue weighted by Gasteiger charge is -2.49. The van der Waals surface area contributed by atoms with Crippen molar-refractivity contribution in [3.05, 3.63) is 41.1 Å². The Kier molecular flexibility index (Phi) is 4.02. The number of piperidine rings is 1. The summed E-state index contributed by atoms with van der Waals surface area (Å²) in [5, 5.41) is 0. The molecule has 0 aromatic heterocycles. The van der Waals surface area contributed by atoms with Gasteiger partial charge in [-0.3, -0.25) is 4.79 Å². The van der Waals surface area contributed by atoms with Gasteiger partial charge in [0.1, 0.15) is 0 Å². The van der Waals surface area contributed by atoms with E-state index in [1.54, 1.807) is 0 Å². The molecule has 1 aromatic rings. The molecule has 2 atom stereocenters. The number of nitrogens with zero attached hydrogens (tertiary/aromatic N) is 1. The van der Waals surface area contributed by atoms with Crippen molar-refractivity contribution in [1.82, 2.24) is 4.90 Å². The number of benzene rings is 1. The van der Waals surface area contributed by atoms with Crippen molar-refractivity contribution in [3.8, 4) is 0 Å². The quantitative estimate of drug-likeness (QED) is 0.774. The number of thioether (sulfide) groups is 1. The van der Waals surface area contributed by atoms with E-state index in [9.17, 15) is 9.59 Å². The summed E-state index contributed by atoms with van der Waals surface area (Å²) in [6, 6.07) is 8.00. The molecule has 0 spiro atoms. The third-order valence-corrected chi connectivity index (χ3v) is 6.90. The number of likely N-dealkylation sites (tertiary alicyclic amines) is 1.